The van der Waals surface area contributed by atoms with E-state index < -0.39 is 5.56 Å². The predicted octanol–water partition coefficient (Wildman–Crippen LogP) is 3.53. The Morgan fingerprint density at radius 2 is 1.89 bits per heavy atom. The minimum absolute atomic E-state index is 0.101. The zero-order chi connectivity index (χ0) is 25.8. The number of rotatable bonds is 5. The van der Waals surface area contributed by atoms with E-state index in [0.717, 1.165) is 36.6 Å². The van der Waals surface area contributed by atoms with Gasteiger partial charge in [0.05, 0.1) is 28.3 Å². The summed E-state index contributed by atoms with van der Waals surface area (Å²) in [5.41, 5.74) is 8.76. The Balaban J connectivity index is 1.25. The second-order valence-electron chi connectivity index (χ2n) is 10.1. The first kappa shape index (κ1) is 23.2. The van der Waals surface area contributed by atoms with Gasteiger partial charge < -0.3 is 20.7 Å². The Kier molecular flexibility index (Phi) is 5.59. The van der Waals surface area contributed by atoms with E-state index in [2.05, 4.69) is 32.2 Å². The summed E-state index contributed by atoms with van der Waals surface area (Å²) >= 11 is 1.25. The maximum atomic E-state index is 13.3. The third kappa shape index (κ3) is 4.10. The molecule has 3 aliphatic rings. The highest BCUT2D eigenvalue weighted by Crippen LogP contribution is 2.38. The molecule has 4 aromatic rings. The Labute approximate surface area is 223 Å². The van der Waals surface area contributed by atoms with Crippen LogP contribution in [0.15, 0.2) is 59.4 Å². The number of nitrogens with two attached hydrogens (primary N) is 1. The van der Waals surface area contributed by atoms with Crippen molar-refractivity contribution in [1.82, 2.24) is 19.8 Å². The van der Waals surface area contributed by atoms with Crippen molar-refractivity contribution in [3.8, 4) is 11.4 Å². The first-order chi connectivity index (χ1) is 18.5. The van der Waals surface area contributed by atoms with Crippen LogP contribution in [-0.4, -0.2) is 58.7 Å². The van der Waals surface area contributed by atoms with E-state index >= 15 is 0 Å². The van der Waals surface area contributed by atoms with Gasteiger partial charge >= 0.3 is 0 Å². The lowest BCUT2D eigenvalue weighted by molar-refractivity contribution is 0.0941. The molecule has 38 heavy (non-hydrogen) atoms. The molecular weight excluding hydrogens is 500 g/mol. The molecule has 0 radical (unpaired) electrons. The van der Waals surface area contributed by atoms with Gasteiger partial charge in [-0.1, -0.05) is 18.2 Å². The van der Waals surface area contributed by atoms with Gasteiger partial charge in [-0.15, -0.1) is 11.3 Å². The van der Waals surface area contributed by atoms with Gasteiger partial charge in [0, 0.05) is 30.9 Å². The van der Waals surface area contributed by atoms with E-state index in [1.54, 1.807) is 10.6 Å². The van der Waals surface area contributed by atoms with E-state index in [4.69, 9.17) is 10.5 Å². The number of para-hydroxylation sites is 1. The van der Waals surface area contributed by atoms with E-state index in [0.29, 0.717) is 40.1 Å². The number of benzene rings is 2. The number of hydrogen-bond acceptors (Lipinski definition) is 8. The van der Waals surface area contributed by atoms with Crippen LogP contribution in [0.1, 0.15) is 28.9 Å². The Hall–Kier alpha value is -3.89. The minimum Gasteiger partial charge on any atom is -0.490 e. The number of thiophene rings is 1. The van der Waals surface area contributed by atoms with Gasteiger partial charge in [-0.05, 0) is 55.7 Å². The summed E-state index contributed by atoms with van der Waals surface area (Å²) in [6.07, 6.45) is 3.48. The zero-order valence-corrected chi connectivity index (χ0v) is 21.6. The van der Waals surface area contributed by atoms with Crippen molar-refractivity contribution in [3.63, 3.8) is 0 Å². The number of amides is 1. The molecule has 2 aromatic heterocycles. The number of anilines is 3. The van der Waals surface area contributed by atoms with Gasteiger partial charge in [-0.25, -0.2) is 4.98 Å². The maximum absolute atomic E-state index is 13.3. The lowest BCUT2D eigenvalue weighted by Gasteiger charge is -2.31. The number of hydrogen-bond donors (Lipinski definition) is 2. The summed E-state index contributed by atoms with van der Waals surface area (Å²) in [4.78, 5) is 36.5. The van der Waals surface area contributed by atoms with E-state index in [1.165, 1.54) is 24.2 Å². The normalized spacial score (nSPS) is 19.4. The van der Waals surface area contributed by atoms with E-state index in [1.807, 2.05) is 36.4 Å². The molecular formula is C28H28N6O3S. The third-order valence-corrected chi connectivity index (χ3v) is 8.57. The first-order valence-electron chi connectivity index (χ1n) is 13.0. The van der Waals surface area contributed by atoms with Crippen LogP contribution in [0.4, 0.5) is 17.2 Å². The molecule has 0 unspecified atom stereocenters. The molecule has 3 N–H and O–H groups in total. The molecule has 2 aliphatic heterocycles. The van der Waals surface area contributed by atoms with Crippen LogP contribution in [0, 0.1) is 0 Å². The van der Waals surface area contributed by atoms with E-state index in [-0.39, 0.29) is 17.8 Å². The molecule has 0 spiro atoms. The summed E-state index contributed by atoms with van der Waals surface area (Å²) in [6, 6.07) is 18.3. The summed E-state index contributed by atoms with van der Waals surface area (Å²) in [5.74, 6) is 0.510. The summed E-state index contributed by atoms with van der Waals surface area (Å²) in [5, 5.41) is 3.18. The molecule has 4 heterocycles. The second-order valence-corrected chi connectivity index (χ2v) is 11.1. The Bertz CT molecular complexity index is 1600. The molecule has 7 rings (SSSR count). The van der Waals surface area contributed by atoms with Crippen molar-refractivity contribution in [3.05, 3.63) is 69.8 Å². The van der Waals surface area contributed by atoms with Gasteiger partial charge in [-0.2, -0.15) is 0 Å². The number of carbonyl (C=O) groups is 1. The highest BCUT2D eigenvalue weighted by Gasteiger charge is 2.35. The average molecular weight is 529 g/mol. The lowest BCUT2D eigenvalue weighted by Crippen LogP contribution is -2.37. The van der Waals surface area contributed by atoms with Crippen LogP contribution in [-0.2, 0) is 0 Å². The Morgan fingerprint density at radius 3 is 2.71 bits per heavy atom. The Morgan fingerprint density at radius 1 is 1.05 bits per heavy atom. The number of carbonyl (C=O) groups excluding carboxylic acids is 1. The summed E-state index contributed by atoms with van der Waals surface area (Å²) in [7, 11) is 0. The standard InChI is InChI=1S/C28H28N6O3S/c29-25-28(36)34(20-8-9-23-21(14-20)33(12-13-37-23)19-4-2-1-3-5-19)22-15-24(38-27(22)31-25)26(35)30-17-10-11-32(16-17)18-6-7-18/h1-5,8-9,14-15,17-18H,6-7,10-13,16H2,(H2,29,31)(H,30,35)/t17-/m1/s1. The number of ether oxygens (including phenoxy) is 1. The molecule has 1 saturated heterocycles. The molecule has 1 saturated carbocycles. The monoisotopic (exact) mass is 528 g/mol. The fourth-order valence-corrected chi connectivity index (χ4v) is 6.45. The van der Waals surface area contributed by atoms with Crippen molar-refractivity contribution >= 4 is 44.8 Å². The smallest absolute Gasteiger partial charge is 0.298 e. The van der Waals surface area contributed by atoms with Crippen LogP contribution in [0.2, 0.25) is 0 Å². The molecule has 2 fully saturated rings. The largest absolute Gasteiger partial charge is 0.490 e. The molecule has 9 nitrogen and oxygen atoms in total. The van der Waals surface area contributed by atoms with Crippen molar-refractivity contribution in [1.29, 1.82) is 0 Å². The van der Waals surface area contributed by atoms with Gasteiger partial charge in [0.25, 0.3) is 11.5 Å². The molecule has 2 aromatic carbocycles. The predicted molar refractivity (Wildman–Crippen MR) is 149 cm³/mol. The zero-order valence-electron chi connectivity index (χ0n) is 20.8. The summed E-state index contributed by atoms with van der Waals surface area (Å²) in [6.45, 7) is 3.18. The van der Waals surface area contributed by atoms with E-state index in [9.17, 15) is 9.59 Å². The highest BCUT2D eigenvalue weighted by atomic mass is 32.1. The topological polar surface area (TPSA) is 106 Å². The fraction of sp³-hybridized carbons (Fsp3) is 0.321. The molecule has 1 aliphatic carbocycles. The third-order valence-electron chi connectivity index (χ3n) is 7.55. The number of fused-ring (bicyclic) bond motifs is 2. The van der Waals surface area contributed by atoms with Crippen molar-refractivity contribution in [2.45, 2.75) is 31.3 Å². The number of nitrogens with one attached hydrogen (secondary N) is 1. The van der Waals surface area contributed by atoms with Crippen LogP contribution in [0.5, 0.6) is 5.75 Å². The number of aromatic nitrogens is 2. The summed E-state index contributed by atoms with van der Waals surface area (Å²) < 4.78 is 7.46. The van der Waals surface area contributed by atoms with Crippen molar-refractivity contribution < 1.29 is 9.53 Å². The van der Waals surface area contributed by atoms with Crippen LogP contribution >= 0.6 is 11.3 Å². The van der Waals surface area contributed by atoms with Crippen LogP contribution in [0.3, 0.4) is 0 Å². The fourth-order valence-electron chi connectivity index (χ4n) is 5.52. The molecule has 1 atom stereocenters. The van der Waals surface area contributed by atoms with Crippen molar-refractivity contribution in [2.75, 3.05) is 36.9 Å². The second kappa shape index (κ2) is 9.14. The molecule has 1 amide bonds. The number of nitrogen functional groups attached to an aromatic ring is 1. The van der Waals surface area contributed by atoms with Gasteiger partial charge in [0.2, 0.25) is 0 Å². The number of nitrogens with zero attached hydrogens (tertiary/aromatic N) is 4. The SMILES string of the molecule is Nc1nc2sc(C(=O)N[C@@H]3CCN(C4CC4)C3)cc2n(-c2ccc3c(c2)N(c2ccccc2)CCO3)c1=O. The maximum Gasteiger partial charge on any atom is 0.298 e. The molecule has 0 bridgehead atoms. The first-order valence-corrected chi connectivity index (χ1v) is 13.8. The van der Waals surface area contributed by atoms with Crippen molar-refractivity contribution in [2.24, 2.45) is 0 Å². The number of likely N-dealkylation sites (tertiary alicyclic amines) is 1. The van der Waals surface area contributed by atoms with Gasteiger partial charge in [-0.3, -0.25) is 19.1 Å². The molecule has 194 valence electrons. The average Bonchev–Trinajstić information content (AvgIpc) is 3.54. The lowest BCUT2D eigenvalue weighted by atomic mass is 10.1. The van der Waals surface area contributed by atoms with Gasteiger partial charge in [0.1, 0.15) is 17.2 Å². The van der Waals surface area contributed by atoms with Crippen LogP contribution < -0.4 is 26.2 Å². The van der Waals surface area contributed by atoms with Gasteiger partial charge in [0.15, 0.2) is 5.82 Å². The molecule has 10 heteroatoms. The van der Waals surface area contributed by atoms with Crippen LogP contribution in [0.25, 0.3) is 16.0 Å². The minimum atomic E-state index is -0.416. The highest BCUT2D eigenvalue weighted by molar-refractivity contribution is 7.20. The quantitative estimate of drug-likeness (QED) is 0.408.